The van der Waals surface area contributed by atoms with Gasteiger partial charge >= 0.3 is 13.5 Å². The summed E-state index contributed by atoms with van der Waals surface area (Å²) >= 11 is 0. The SMILES string of the molecule is COc1ccc(-c2cc(=O)[nH]c(=O)n2[C@H]2C[C@H](O)[C@@H](COP(=O)(O)O)O2)cc1. The highest BCUT2D eigenvalue weighted by Gasteiger charge is 2.38. The van der Waals surface area contributed by atoms with Gasteiger partial charge in [0.15, 0.2) is 0 Å². The van der Waals surface area contributed by atoms with E-state index in [4.69, 9.17) is 19.3 Å². The second kappa shape index (κ2) is 8.00. The van der Waals surface area contributed by atoms with Crippen LogP contribution in [0.15, 0.2) is 39.9 Å². The fourth-order valence-corrected chi connectivity index (χ4v) is 3.31. The van der Waals surface area contributed by atoms with Crippen molar-refractivity contribution in [3.8, 4) is 17.0 Å². The van der Waals surface area contributed by atoms with E-state index in [1.54, 1.807) is 24.3 Å². The first-order chi connectivity index (χ1) is 13.2. The highest BCUT2D eigenvalue weighted by atomic mass is 31.2. The molecule has 0 unspecified atom stereocenters. The maximum Gasteiger partial charge on any atom is 0.469 e. The number of phosphoric acid groups is 1. The van der Waals surface area contributed by atoms with Gasteiger partial charge in [0.2, 0.25) is 0 Å². The number of hydrogen-bond donors (Lipinski definition) is 4. The van der Waals surface area contributed by atoms with E-state index in [0.717, 1.165) is 0 Å². The summed E-state index contributed by atoms with van der Waals surface area (Å²) in [6.45, 7) is -0.558. The molecule has 0 amide bonds. The maximum absolute atomic E-state index is 12.4. The number of aromatic nitrogens is 2. The van der Waals surface area contributed by atoms with Crippen LogP contribution < -0.4 is 16.0 Å². The number of nitrogens with zero attached hydrogens (tertiary/aromatic N) is 1. The van der Waals surface area contributed by atoms with Crippen molar-refractivity contribution in [1.29, 1.82) is 0 Å². The van der Waals surface area contributed by atoms with Gasteiger partial charge in [0, 0.05) is 12.5 Å². The van der Waals surface area contributed by atoms with Crippen molar-refractivity contribution in [3.63, 3.8) is 0 Å². The standard InChI is InChI=1S/C16H19N2O9P/c1-25-10-4-2-9(3-5-10)11-6-14(20)17-16(21)18(11)15-7-12(19)13(27-15)8-26-28(22,23)24/h2-6,12-13,15,19H,7-8H2,1H3,(H,17,20,21)(H2,22,23,24)/t12-,13+,15+/m0/s1. The summed E-state index contributed by atoms with van der Waals surface area (Å²) in [5, 5.41) is 10.1. The van der Waals surface area contributed by atoms with Gasteiger partial charge in [-0.25, -0.2) is 9.36 Å². The normalized spacial score (nSPS) is 22.4. The van der Waals surface area contributed by atoms with Crippen LogP contribution in [-0.4, -0.2) is 50.4 Å². The lowest BCUT2D eigenvalue weighted by molar-refractivity contribution is -0.0445. The number of aromatic amines is 1. The van der Waals surface area contributed by atoms with Crippen molar-refractivity contribution in [2.45, 2.75) is 24.9 Å². The van der Waals surface area contributed by atoms with E-state index in [9.17, 15) is 19.3 Å². The summed E-state index contributed by atoms with van der Waals surface area (Å²) < 4.78 is 27.1. The molecule has 12 heteroatoms. The molecular weight excluding hydrogens is 395 g/mol. The molecule has 0 radical (unpaired) electrons. The lowest BCUT2D eigenvalue weighted by atomic mass is 10.1. The van der Waals surface area contributed by atoms with E-state index in [0.29, 0.717) is 11.3 Å². The van der Waals surface area contributed by atoms with Crippen LogP contribution in [0.4, 0.5) is 0 Å². The number of rotatable bonds is 6. The molecule has 3 atom stereocenters. The van der Waals surface area contributed by atoms with Crippen LogP contribution in [0.3, 0.4) is 0 Å². The highest BCUT2D eigenvalue weighted by molar-refractivity contribution is 7.46. The molecule has 0 saturated carbocycles. The molecule has 1 aromatic heterocycles. The Bertz CT molecular complexity index is 994. The molecule has 0 aliphatic carbocycles. The van der Waals surface area contributed by atoms with E-state index >= 15 is 0 Å². The summed E-state index contributed by atoms with van der Waals surface area (Å²) in [6, 6.07) is 7.85. The summed E-state index contributed by atoms with van der Waals surface area (Å²) in [7, 11) is -3.23. The molecule has 1 saturated heterocycles. The number of hydrogen-bond acceptors (Lipinski definition) is 7. The van der Waals surface area contributed by atoms with Crippen LogP contribution in [-0.2, 0) is 13.8 Å². The largest absolute Gasteiger partial charge is 0.497 e. The van der Waals surface area contributed by atoms with Crippen LogP contribution >= 0.6 is 7.82 Å². The van der Waals surface area contributed by atoms with Crippen LogP contribution in [0.1, 0.15) is 12.6 Å². The van der Waals surface area contributed by atoms with Gasteiger partial charge in [-0.15, -0.1) is 0 Å². The van der Waals surface area contributed by atoms with E-state index < -0.39 is 44.1 Å². The number of methoxy groups -OCH3 is 1. The fraction of sp³-hybridized carbons (Fsp3) is 0.375. The smallest absolute Gasteiger partial charge is 0.469 e. The van der Waals surface area contributed by atoms with Crippen molar-refractivity contribution in [2.24, 2.45) is 0 Å². The van der Waals surface area contributed by atoms with Crippen molar-refractivity contribution in [3.05, 3.63) is 51.2 Å². The number of H-pyrrole nitrogens is 1. The zero-order valence-corrected chi connectivity index (χ0v) is 15.6. The third-order valence-corrected chi connectivity index (χ3v) is 4.75. The molecule has 1 fully saturated rings. The molecule has 1 aliphatic rings. The zero-order chi connectivity index (χ0) is 20.5. The van der Waals surface area contributed by atoms with Gasteiger partial charge in [-0.2, -0.15) is 0 Å². The summed E-state index contributed by atoms with van der Waals surface area (Å²) in [4.78, 5) is 44.0. The zero-order valence-electron chi connectivity index (χ0n) is 14.7. The van der Waals surface area contributed by atoms with Crippen LogP contribution in [0, 0.1) is 0 Å². The Labute approximate surface area is 158 Å². The average molecular weight is 414 g/mol. The molecule has 3 rings (SSSR count). The quantitative estimate of drug-likeness (QED) is 0.476. The molecule has 1 aromatic carbocycles. The average Bonchev–Trinajstić information content (AvgIpc) is 2.99. The maximum atomic E-state index is 12.4. The Hall–Kier alpha value is -2.27. The molecule has 2 aromatic rings. The Kier molecular flexibility index (Phi) is 5.84. The Balaban J connectivity index is 1.94. The minimum Gasteiger partial charge on any atom is -0.497 e. The minimum absolute atomic E-state index is 0.0374. The number of aliphatic hydroxyl groups excluding tert-OH is 1. The van der Waals surface area contributed by atoms with Crippen molar-refractivity contribution < 1.29 is 33.5 Å². The van der Waals surface area contributed by atoms with Crippen molar-refractivity contribution >= 4 is 7.82 Å². The van der Waals surface area contributed by atoms with Crippen LogP contribution in [0.25, 0.3) is 11.3 Å². The molecule has 0 spiro atoms. The first kappa shape index (κ1) is 20.5. The molecule has 2 heterocycles. The summed E-state index contributed by atoms with van der Waals surface area (Å²) in [5.74, 6) is 0.588. The van der Waals surface area contributed by atoms with Crippen LogP contribution in [0.5, 0.6) is 5.75 Å². The topological polar surface area (TPSA) is 160 Å². The predicted octanol–water partition coefficient (Wildman–Crippen LogP) is -0.0301. The second-order valence-electron chi connectivity index (χ2n) is 6.14. The Morgan fingerprint density at radius 1 is 1.29 bits per heavy atom. The third kappa shape index (κ3) is 4.58. The van der Waals surface area contributed by atoms with Gasteiger partial charge in [-0.05, 0) is 29.8 Å². The first-order valence-corrected chi connectivity index (χ1v) is 9.75. The van der Waals surface area contributed by atoms with Gasteiger partial charge < -0.3 is 24.4 Å². The van der Waals surface area contributed by atoms with Crippen LogP contribution in [0.2, 0.25) is 0 Å². The van der Waals surface area contributed by atoms with Crippen molar-refractivity contribution in [2.75, 3.05) is 13.7 Å². The van der Waals surface area contributed by atoms with Gasteiger partial charge in [0.25, 0.3) is 5.56 Å². The predicted molar refractivity (Wildman–Crippen MR) is 95.8 cm³/mol. The van der Waals surface area contributed by atoms with E-state index in [1.807, 2.05) is 0 Å². The first-order valence-electron chi connectivity index (χ1n) is 8.22. The van der Waals surface area contributed by atoms with Gasteiger partial charge in [-0.1, -0.05) is 0 Å². The Morgan fingerprint density at radius 3 is 2.57 bits per heavy atom. The Morgan fingerprint density at radius 2 is 1.96 bits per heavy atom. The van der Waals surface area contributed by atoms with E-state index in [1.165, 1.54) is 17.7 Å². The minimum atomic E-state index is -4.74. The van der Waals surface area contributed by atoms with E-state index in [-0.39, 0.29) is 12.1 Å². The molecule has 11 nitrogen and oxygen atoms in total. The number of nitrogens with one attached hydrogen (secondary N) is 1. The fourth-order valence-electron chi connectivity index (χ4n) is 2.97. The molecule has 152 valence electrons. The van der Waals surface area contributed by atoms with Gasteiger partial charge in [-0.3, -0.25) is 18.9 Å². The number of benzene rings is 1. The molecule has 0 bridgehead atoms. The second-order valence-corrected chi connectivity index (χ2v) is 7.38. The van der Waals surface area contributed by atoms with Gasteiger partial charge in [0.1, 0.15) is 18.1 Å². The number of aliphatic hydroxyl groups is 1. The molecule has 28 heavy (non-hydrogen) atoms. The third-order valence-electron chi connectivity index (χ3n) is 4.26. The monoisotopic (exact) mass is 414 g/mol. The lowest BCUT2D eigenvalue weighted by Crippen LogP contribution is -2.33. The lowest BCUT2D eigenvalue weighted by Gasteiger charge is -2.19. The van der Waals surface area contributed by atoms with Crippen molar-refractivity contribution in [1.82, 2.24) is 9.55 Å². The molecule has 4 N–H and O–H groups in total. The van der Waals surface area contributed by atoms with Gasteiger partial charge in [0.05, 0.1) is 25.5 Å². The summed E-state index contributed by atoms with van der Waals surface area (Å²) in [6.07, 6.45) is -3.19. The molecule has 1 aliphatic heterocycles. The number of phosphoric ester groups is 1. The highest BCUT2D eigenvalue weighted by Crippen LogP contribution is 2.38. The summed E-state index contributed by atoms with van der Waals surface area (Å²) in [5.41, 5.74) is -0.554. The number of ether oxygens (including phenoxy) is 2. The molecular formula is C16H19N2O9P. The van der Waals surface area contributed by atoms with E-state index in [2.05, 4.69) is 9.51 Å².